The molecule has 12 amide bonds. The van der Waals surface area contributed by atoms with Gasteiger partial charge in [-0.3, -0.25) is 57.5 Å². The molecule has 11 N–H and O–H groups in total. The van der Waals surface area contributed by atoms with Gasteiger partial charge in [0.1, 0.15) is 12.1 Å². The van der Waals surface area contributed by atoms with E-state index in [4.69, 9.17) is 0 Å². The molecule has 3 atom stereocenters. The van der Waals surface area contributed by atoms with Crippen molar-refractivity contribution in [3.63, 3.8) is 0 Å². The molecule has 2 fully saturated rings. The van der Waals surface area contributed by atoms with Gasteiger partial charge in [-0.15, -0.1) is 0 Å². The topological polar surface area (TPSA) is 340 Å². The Labute approximate surface area is 321 Å². The lowest BCUT2D eigenvalue weighted by atomic mass is 9.98. The van der Waals surface area contributed by atoms with Crippen molar-refractivity contribution in [2.24, 2.45) is 5.92 Å². The first-order valence-electron chi connectivity index (χ1n) is 17.9. The molecule has 0 spiro atoms. The van der Waals surface area contributed by atoms with Gasteiger partial charge in [0.15, 0.2) is 0 Å². The number of rotatable bonds is 3. The van der Waals surface area contributed by atoms with Gasteiger partial charge >= 0.3 is 0 Å². The van der Waals surface area contributed by atoms with Crippen molar-refractivity contribution in [2.45, 2.75) is 51.6 Å². The molecule has 2 saturated heterocycles. The summed E-state index contributed by atoms with van der Waals surface area (Å²) in [5.74, 6) is -9.57. The van der Waals surface area contributed by atoms with Gasteiger partial charge in [-0.2, -0.15) is 0 Å². The lowest BCUT2D eigenvalue weighted by molar-refractivity contribution is -0.138. The largest absolute Gasteiger partial charge is 0.347 e. The first kappa shape index (κ1) is 45.8. The molecular weight excluding hydrogens is 744 g/mol. The van der Waals surface area contributed by atoms with Crippen molar-refractivity contribution < 1.29 is 57.5 Å². The van der Waals surface area contributed by atoms with E-state index in [9.17, 15) is 57.5 Å². The summed E-state index contributed by atoms with van der Waals surface area (Å²) in [6.07, 6.45) is 1.30. The molecule has 24 nitrogen and oxygen atoms in total. The summed E-state index contributed by atoms with van der Waals surface area (Å²) < 4.78 is 0. The van der Waals surface area contributed by atoms with Crippen LogP contribution in [0.2, 0.25) is 0 Å². The molecule has 0 aromatic carbocycles. The zero-order valence-corrected chi connectivity index (χ0v) is 31.2. The van der Waals surface area contributed by atoms with Crippen LogP contribution in [-0.2, 0) is 57.5 Å². The standard InChI is InChI=1S/C32H50N12O12/c1-3-18(2)30-31(55)41-15-27(52)39-13-25(50)37-11-23(48)35-9-21(46)34-10-22(47)36-12-24(49)38-14-26(51)40-16-28(53)42-19(32(56)44-6-4-5-7-44)8-20(45)33-17-29(54)43-30/h18-19,30H,3-17H2,1-2H3,(H,33,45)(H,34,46)(H,35,48)(H,36,47)(H,37,50)(H,38,49)(H,39,52)(H,40,51)(H,41,55)(H,42,53)(H,43,54)/t18-,19?,30?/m0/s1. The maximum absolute atomic E-state index is 13.2. The summed E-state index contributed by atoms with van der Waals surface area (Å²) in [5, 5.41) is 25.2. The third-order valence-corrected chi connectivity index (χ3v) is 8.24. The Morgan fingerprint density at radius 1 is 0.500 bits per heavy atom. The summed E-state index contributed by atoms with van der Waals surface area (Å²) in [6, 6.07) is -2.49. The first-order valence-corrected chi connectivity index (χ1v) is 17.9. The minimum atomic E-state index is -1.36. The van der Waals surface area contributed by atoms with E-state index in [2.05, 4.69) is 58.5 Å². The monoisotopic (exact) mass is 794 g/mol. The molecule has 0 aromatic heterocycles. The van der Waals surface area contributed by atoms with E-state index in [1.54, 1.807) is 13.8 Å². The number of nitrogens with zero attached hydrogens (tertiary/aromatic N) is 1. The second-order valence-electron chi connectivity index (χ2n) is 12.7. The fourth-order valence-electron chi connectivity index (χ4n) is 4.93. The predicted octanol–water partition coefficient (Wildman–Crippen LogP) is -7.93. The maximum atomic E-state index is 13.2. The van der Waals surface area contributed by atoms with Crippen LogP contribution in [0.25, 0.3) is 0 Å². The van der Waals surface area contributed by atoms with Crippen LogP contribution >= 0.6 is 0 Å². The fraction of sp³-hybridized carbons (Fsp3) is 0.625. The summed E-state index contributed by atoms with van der Waals surface area (Å²) in [7, 11) is 0. The summed E-state index contributed by atoms with van der Waals surface area (Å²) in [4.78, 5) is 151. The predicted molar refractivity (Wildman–Crippen MR) is 191 cm³/mol. The first-order chi connectivity index (χ1) is 26.6. The van der Waals surface area contributed by atoms with E-state index in [-0.39, 0.29) is 0 Å². The minimum Gasteiger partial charge on any atom is -0.347 e. The SMILES string of the molecule is CC[C@H](C)C1NC(=O)CNC(=O)CC(C(=O)N2CCCC2)NC(=O)CNC(=O)CNC(=O)CNC(=O)CNC(=O)CNC(=O)CNC(=O)CNC(=O)CNC1=O. The van der Waals surface area contributed by atoms with Crippen molar-refractivity contribution in [3.8, 4) is 0 Å². The Morgan fingerprint density at radius 3 is 1.20 bits per heavy atom. The number of hydrogen-bond acceptors (Lipinski definition) is 12. The van der Waals surface area contributed by atoms with Gasteiger partial charge in [0.05, 0.1) is 65.3 Å². The highest BCUT2D eigenvalue weighted by Crippen LogP contribution is 2.11. The van der Waals surface area contributed by atoms with Gasteiger partial charge in [-0.1, -0.05) is 20.3 Å². The van der Waals surface area contributed by atoms with E-state index < -0.39 is 154 Å². The van der Waals surface area contributed by atoms with Crippen LogP contribution in [0.3, 0.4) is 0 Å². The number of carbonyl (C=O) groups excluding carboxylic acids is 12. The Morgan fingerprint density at radius 2 is 0.821 bits per heavy atom. The Balaban J connectivity index is 2.10. The number of hydrogen-bond donors (Lipinski definition) is 11. The molecule has 310 valence electrons. The van der Waals surface area contributed by atoms with Gasteiger partial charge in [0.25, 0.3) is 0 Å². The molecule has 2 aliphatic heterocycles. The molecule has 2 aliphatic rings. The van der Waals surface area contributed by atoms with Crippen LogP contribution in [0, 0.1) is 5.92 Å². The molecule has 2 heterocycles. The molecule has 56 heavy (non-hydrogen) atoms. The summed E-state index contributed by atoms with van der Waals surface area (Å²) in [6.45, 7) is -1.01. The lowest BCUT2D eigenvalue weighted by Gasteiger charge is -2.24. The molecule has 0 aliphatic carbocycles. The van der Waals surface area contributed by atoms with Crippen molar-refractivity contribution in [2.75, 3.05) is 72.0 Å². The normalized spacial score (nSPS) is 22.8. The second-order valence-corrected chi connectivity index (χ2v) is 12.7. The van der Waals surface area contributed by atoms with E-state index >= 15 is 0 Å². The van der Waals surface area contributed by atoms with Crippen molar-refractivity contribution in [1.82, 2.24) is 63.4 Å². The molecule has 0 aromatic rings. The van der Waals surface area contributed by atoms with Crippen LogP contribution < -0.4 is 58.5 Å². The van der Waals surface area contributed by atoms with Crippen molar-refractivity contribution in [1.29, 1.82) is 0 Å². The van der Waals surface area contributed by atoms with E-state index in [1.165, 1.54) is 4.90 Å². The molecule has 24 heteroatoms. The average molecular weight is 795 g/mol. The van der Waals surface area contributed by atoms with Gasteiger partial charge in [-0.05, 0) is 18.8 Å². The van der Waals surface area contributed by atoms with E-state index in [0.717, 1.165) is 0 Å². The highest BCUT2D eigenvalue weighted by Gasteiger charge is 2.31. The quantitative estimate of drug-likeness (QED) is 0.127. The smallest absolute Gasteiger partial charge is 0.245 e. The highest BCUT2D eigenvalue weighted by atomic mass is 16.2. The minimum absolute atomic E-state index is 0.399. The zero-order chi connectivity index (χ0) is 41.6. The molecule has 2 rings (SSSR count). The zero-order valence-electron chi connectivity index (χ0n) is 31.2. The molecule has 0 radical (unpaired) electrons. The van der Waals surface area contributed by atoms with Gasteiger partial charge in [-0.25, -0.2) is 0 Å². The van der Waals surface area contributed by atoms with Crippen LogP contribution in [0.5, 0.6) is 0 Å². The van der Waals surface area contributed by atoms with Crippen molar-refractivity contribution in [3.05, 3.63) is 0 Å². The second kappa shape index (κ2) is 24.1. The number of likely N-dealkylation sites (tertiary alicyclic amines) is 1. The van der Waals surface area contributed by atoms with Crippen molar-refractivity contribution >= 4 is 70.9 Å². The summed E-state index contributed by atoms with van der Waals surface area (Å²) in [5.41, 5.74) is 0. The Bertz CT molecular complexity index is 1520. The molecule has 0 bridgehead atoms. The van der Waals surface area contributed by atoms with Crippen LogP contribution in [0.1, 0.15) is 39.5 Å². The third kappa shape index (κ3) is 18.1. The van der Waals surface area contributed by atoms with E-state index in [0.29, 0.717) is 32.4 Å². The van der Waals surface area contributed by atoms with Crippen LogP contribution in [-0.4, -0.2) is 160 Å². The summed E-state index contributed by atoms with van der Waals surface area (Å²) >= 11 is 0. The Hall–Kier alpha value is -6.36. The molecular formula is C32H50N12O12. The van der Waals surface area contributed by atoms with Gasteiger partial charge in [0, 0.05) is 13.1 Å². The molecule has 2 unspecified atom stereocenters. The Kier molecular flexibility index (Phi) is 19.7. The van der Waals surface area contributed by atoms with Gasteiger partial charge in [0.2, 0.25) is 70.9 Å². The maximum Gasteiger partial charge on any atom is 0.245 e. The third-order valence-electron chi connectivity index (χ3n) is 8.24. The lowest BCUT2D eigenvalue weighted by Crippen LogP contribution is -2.54. The number of amides is 12. The fourth-order valence-corrected chi connectivity index (χ4v) is 4.93. The van der Waals surface area contributed by atoms with Gasteiger partial charge < -0.3 is 63.4 Å². The number of nitrogens with one attached hydrogen (secondary N) is 11. The van der Waals surface area contributed by atoms with Crippen LogP contribution in [0.4, 0.5) is 0 Å². The number of carbonyl (C=O) groups is 12. The average Bonchev–Trinajstić information content (AvgIpc) is 3.72. The molecule has 0 saturated carbocycles. The highest BCUT2D eigenvalue weighted by molar-refractivity contribution is 5.96. The van der Waals surface area contributed by atoms with Crippen LogP contribution in [0.15, 0.2) is 0 Å². The van der Waals surface area contributed by atoms with E-state index in [1.807, 2.05) is 0 Å².